The van der Waals surface area contributed by atoms with Crippen molar-refractivity contribution >= 4 is 5.91 Å². The number of aromatic nitrogens is 1. The number of fused-ring (bicyclic) bond motifs is 1. The van der Waals surface area contributed by atoms with Gasteiger partial charge in [-0.25, -0.2) is 0 Å². The number of methoxy groups -OCH3 is 1. The summed E-state index contributed by atoms with van der Waals surface area (Å²) in [6.07, 6.45) is 2.88. The summed E-state index contributed by atoms with van der Waals surface area (Å²) in [5, 5.41) is 2.87. The molecular formula is C10H14N2O2. The lowest BCUT2D eigenvalue weighted by atomic mass is 10.1. The minimum atomic E-state index is 0.0173. The summed E-state index contributed by atoms with van der Waals surface area (Å²) in [5.74, 6) is 0.0173. The molecule has 0 bridgehead atoms. The number of nitrogens with zero attached hydrogens (tertiary/aromatic N) is 1. The van der Waals surface area contributed by atoms with E-state index in [4.69, 9.17) is 4.74 Å². The molecule has 4 nitrogen and oxygen atoms in total. The molecule has 0 saturated heterocycles. The van der Waals surface area contributed by atoms with Gasteiger partial charge in [0.2, 0.25) is 0 Å². The molecule has 1 atom stereocenters. The van der Waals surface area contributed by atoms with Crippen LogP contribution >= 0.6 is 0 Å². The van der Waals surface area contributed by atoms with E-state index >= 15 is 0 Å². The summed E-state index contributed by atoms with van der Waals surface area (Å²) in [4.78, 5) is 11.4. The topological polar surface area (TPSA) is 43.3 Å². The molecule has 4 heteroatoms. The minimum absolute atomic E-state index is 0.0173. The van der Waals surface area contributed by atoms with Crippen LogP contribution in [0.5, 0.6) is 0 Å². The Morgan fingerprint density at radius 3 is 3.36 bits per heavy atom. The first kappa shape index (κ1) is 9.27. The van der Waals surface area contributed by atoms with Crippen molar-refractivity contribution in [3.63, 3.8) is 0 Å². The van der Waals surface area contributed by atoms with E-state index in [0.29, 0.717) is 12.6 Å². The SMILES string of the molecule is COCC[C@H]1CNC(=O)c2cccn21. The average Bonchev–Trinajstić information content (AvgIpc) is 2.66. The van der Waals surface area contributed by atoms with Gasteiger partial charge in [-0.3, -0.25) is 4.79 Å². The first-order valence-electron chi connectivity index (χ1n) is 4.77. The maximum absolute atomic E-state index is 11.4. The maximum atomic E-state index is 11.4. The molecule has 0 saturated carbocycles. The van der Waals surface area contributed by atoms with Gasteiger partial charge in [-0.05, 0) is 18.6 Å². The zero-order chi connectivity index (χ0) is 9.97. The van der Waals surface area contributed by atoms with Gasteiger partial charge in [0.15, 0.2) is 0 Å². The number of hydrogen-bond acceptors (Lipinski definition) is 2. The molecule has 76 valence electrons. The van der Waals surface area contributed by atoms with Gasteiger partial charge in [-0.15, -0.1) is 0 Å². The predicted octanol–water partition coefficient (Wildman–Crippen LogP) is 0.809. The largest absolute Gasteiger partial charge is 0.385 e. The molecule has 0 fully saturated rings. The van der Waals surface area contributed by atoms with Gasteiger partial charge in [0.1, 0.15) is 5.69 Å². The number of rotatable bonds is 3. The predicted molar refractivity (Wildman–Crippen MR) is 52.3 cm³/mol. The zero-order valence-corrected chi connectivity index (χ0v) is 8.19. The van der Waals surface area contributed by atoms with Gasteiger partial charge in [-0.1, -0.05) is 0 Å². The van der Waals surface area contributed by atoms with Crippen molar-refractivity contribution in [1.82, 2.24) is 9.88 Å². The molecule has 0 radical (unpaired) electrons. The average molecular weight is 194 g/mol. The molecular weight excluding hydrogens is 180 g/mol. The Kier molecular flexibility index (Phi) is 2.54. The summed E-state index contributed by atoms with van der Waals surface area (Å²) in [7, 11) is 1.69. The minimum Gasteiger partial charge on any atom is -0.385 e. The molecule has 1 aromatic rings. The van der Waals surface area contributed by atoms with Crippen LogP contribution in [0.1, 0.15) is 23.0 Å². The summed E-state index contributed by atoms with van der Waals surface area (Å²) in [6.45, 7) is 1.42. The summed E-state index contributed by atoms with van der Waals surface area (Å²) < 4.78 is 7.06. The monoisotopic (exact) mass is 194 g/mol. The Balaban J connectivity index is 2.16. The Hall–Kier alpha value is -1.29. The van der Waals surface area contributed by atoms with Crippen LogP contribution in [0, 0.1) is 0 Å². The molecule has 0 aliphatic carbocycles. The van der Waals surface area contributed by atoms with Crippen LogP contribution in [0.15, 0.2) is 18.3 Å². The third-order valence-electron chi connectivity index (χ3n) is 2.56. The van der Waals surface area contributed by atoms with Crippen molar-refractivity contribution in [3.8, 4) is 0 Å². The summed E-state index contributed by atoms with van der Waals surface area (Å²) >= 11 is 0. The van der Waals surface area contributed by atoms with E-state index in [0.717, 1.165) is 18.7 Å². The standard InChI is InChI=1S/C10H14N2O2/c1-14-6-4-8-7-11-10(13)9-3-2-5-12(8)9/h2-3,5,8H,4,6-7H2,1H3,(H,11,13)/t8-/m0/s1. The van der Waals surface area contributed by atoms with E-state index in [1.807, 2.05) is 22.9 Å². The zero-order valence-electron chi connectivity index (χ0n) is 8.19. The highest BCUT2D eigenvalue weighted by Crippen LogP contribution is 2.18. The first-order valence-corrected chi connectivity index (χ1v) is 4.77. The summed E-state index contributed by atoms with van der Waals surface area (Å²) in [5.41, 5.74) is 0.748. The van der Waals surface area contributed by atoms with Crippen LogP contribution in [0.25, 0.3) is 0 Å². The van der Waals surface area contributed by atoms with E-state index in [9.17, 15) is 4.79 Å². The smallest absolute Gasteiger partial charge is 0.267 e. The maximum Gasteiger partial charge on any atom is 0.267 e. The number of carbonyl (C=O) groups is 1. The van der Waals surface area contributed by atoms with E-state index in [1.54, 1.807) is 7.11 Å². The molecule has 1 amide bonds. The van der Waals surface area contributed by atoms with Gasteiger partial charge in [0, 0.05) is 26.5 Å². The van der Waals surface area contributed by atoms with Gasteiger partial charge in [0.25, 0.3) is 5.91 Å². The third-order valence-corrected chi connectivity index (χ3v) is 2.56. The second kappa shape index (κ2) is 3.84. The highest BCUT2D eigenvalue weighted by molar-refractivity contribution is 5.93. The van der Waals surface area contributed by atoms with Crippen LogP contribution in [0.4, 0.5) is 0 Å². The molecule has 1 aromatic heterocycles. The fraction of sp³-hybridized carbons (Fsp3) is 0.500. The molecule has 1 N–H and O–H groups in total. The number of ether oxygens (including phenoxy) is 1. The number of carbonyl (C=O) groups excluding carboxylic acids is 1. The second-order valence-electron chi connectivity index (χ2n) is 3.45. The Bertz CT molecular complexity index is 333. The number of nitrogens with one attached hydrogen (secondary N) is 1. The molecule has 2 heterocycles. The molecule has 0 aromatic carbocycles. The Morgan fingerprint density at radius 2 is 2.57 bits per heavy atom. The Morgan fingerprint density at radius 1 is 1.71 bits per heavy atom. The van der Waals surface area contributed by atoms with Crippen molar-refractivity contribution < 1.29 is 9.53 Å². The van der Waals surface area contributed by atoms with Crippen molar-refractivity contribution in [2.75, 3.05) is 20.3 Å². The molecule has 2 rings (SSSR count). The van der Waals surface area contributed by atoms with Gasteiger partial charge >= 0.3 is 0 Å². The normalized spacial score (nSPS) is 20.4. The van der Waals surface area contributed by atoms with Crippen molar-refractivity contribution in [1.29, 1.82) is 0 Å². The van der Waals surface area contributed by atoms with E-state index in [-0.39, 0.29) is 5.91 Å². The number of amides is 1. The van der Waals surface area contributed by atoms with Gasteiger partial charge < -0.3 is 14.6 Å². The van der Waals surface area contributed by atoms with Crippen molar-refractivity contribution in [2.24, 2.45) is 0 Å². The van der Waals surface area contributed by atoms with Crippen LogP contribution in [-0.4, -0.2) is 30.7 Å². The molecule has 0 spiro atoms. The fourth-order valence-corrected chi connectivity index (χ4v) is 1.80. The van der Waals surface area contributed by atoms with E-state index < -0.39 is 0 Å². The lowest BCUT2D eigenvalue weighted by Crippen LogP contribution is -2.38. The van der Waals surface area contributed by atoms with Crippen LogP contribution in [0.3, 0.4) is 0 Å². The molecule has 1 aliphatic rings. The highest BCUT2D eigenvalue weighted by Gasteiger charge is 2.23. The quantitative estimate of drug-likeness (QED) is 0.773. The lowest BCUT2D eigenvalue weighted by molar-refractivity contribution is 0.0902. The third kappa shape index (κ3) is 1.53. The lowest BCUT2D eigenvalue weighted by Gasteiger charge is -2.26. The van der Waals surface area contributed by atoms with E-state index in [1.165, 1.54) is 0 Å². The van der Waals surface area contributed by atoms with Crippen molar-refractivity contribution in [3.05, 3.63) is 24.0 Å². The summed E-state index contributed by atoms with van der Waals surface area (Å²) in [6, 6.07) is 4.08. The van der Waals surface area contributed by atoms with Crippen LogP contribution in [0.2, 0.25) is 0 Å². The van der Waals surface area contributed by atoms with Gasteiger partial charge in [-0.2, -0.15) is 0 Å². The number of hydrogen-bond donors (Lipinski definition) is 1. The molecule has 1 aliphatic heterocycles. The van der Waals surface area contributed by atoms with Crippen molar-refractivity contribution in [2.45, 2.75) is 12.5 Å². The highest BCUT2D eigenvalue weighted by atomic mass is 16.5. The second-order valence-corrected chi connectivity index (χ2v) is 3.45. The van der Waals surface area contributed by atoms with Gasteiger partial charge in [0.05, 0.1) is 6.04 Å². The van der Waals surface area contributed by atoms with Crippen LogP contribution in [-0.2, 0) is 4.74 Å². The van der Waals surface area contributed by atoms with E-state index in [2.05, 4.69) is 5.32 Å². The van der Waals surface area contributed by atoms with Crippen LogP contribution < -0.4 is 5.32 Å². The molecule has 0 unspecified atom stereocenters. The Labute approximate surface area is 82.9 Å². The fourth-order valence-electron chi connectivity index (χ4n) is 1.80. The molecule has 14 heavy (non-hydrogen) atoms. The first-order chi connectivity index (χ1) is 6.83.